The maximum absolute atomic E-state index is 12.1. The molecular weight excluding hydrogens is 300 g/mol. The number of pyridine rings is 1. The Bertz CT molecular complexity index is 656. The predicted octanol–water partition coefficient (Wildman–Crippen LogP) is 3.21. The van der Waals surface area contributed by atoms with E-state index in [9.17, 15) is 9.90 Å². The van der Waals surface area contributed by atoms with Crippen LogP contribution in [0.5, 0.6) is 0 Å². The highest BCUT2D eigenvalue weighted by molar-refractivity contribution is 6.30. The fourth-order valence-corrected chi connectivity index (χ4v) is 2.27. The van der Waals surface area contributed by atoms with Gasteiger partial charge in [0, 0.05) is 29.0 Å². The maximum atomic E-state index is 12.1. The molecular formula is C17H19ClN2O2. The zero-order valence-corrected chi connectivity index (χ0v) is 13.4. The molecule has 1 atom stereocenters. The number of hydrogen-bond donors (Lipinski definition) is 2. The fourth-order valence-electron chi connectivity index (χ4n) is 2.14. The van der Waals surface area contributed by atoms with Crippen molar-refractivity contribution in [3.05, 3.63) is 63.9 Å². The normalized spacial score (nSPS) is 12.0. The summed E-state index contributed by atoms with van der Waals surface area (Å²) in [6, 6.07) is 8.81. The SMILES string of the molecule is Cc1cc(C(=O)NCC[C@@H](O)c2ccc(Cl)cc2)c(C)cn1. The van der Waals surface area contributed by atoms with E-state index in [1.807, 2.05) is 13.8 Å². The number of rotatable bonds is 5. The van der Waals surface area contributed by atoms with E-state index in [0.29, 0.717) is 23.6 Å². The van der Waals surface area contributed by atoms with Gasteiger partial charge in [-0.3, -0.25) is 9.78 Å². The highest BCUT2D eigenvalue weighted by atomic mass is 35.5. The number of carbonyl (C=O) groups is 1. The first-order valence-electron chi connectivity index (χ1n) is 7.12. The molecule has 0 spiro atoms. The van der Waals surface area contributed by atoms with Crippen LogP contribution in [0.2, 0.25) is 5.02 Å². The molecule has 1 aromatic carbocycles. The van der Waals surface area contributed by atoms with Crippen molar-refractivity contribution in [2.75, 3.05) is 6.54 Å². The first-order valence-corrected chi connectivity index (χ1v) is 7.50. The maximum Gasteiger partial charge on any atom is 0.251 e. The number of nitrogens with zero attached hydrogens (tertiary/aromatic N) is 1. The van der Waals surface area contributed by atoms with Gasteiger partial charge in [0.25, 0.3) is 5.91 Å². The number of halogens is 1. The summed E-state index contributed by atoms with van der Waals surface area (Å²) in [7, 11) is 0. The highest BCUT2D eigenvalue weighted by Crippen LogP contribution is 2.18. The summed E-state index contributed by atoms with van der Waals surface area (Å²) in [6.45, 7) is 4.09. The van der Waals surface area contributed by atoms with Gasteiger partial charge in [-0.2, -0.15) is 0 Å². The summed E-state index contributed by atoms with van der Waals surface area (Å²) in [4.78, 5) is 16.3. The van der Waals surface area contributed by atoms with Crippen molar-refractivity contribution in [2.45, 2.75) is 26.4 Å². The van der Waals surface area contributed by atoms with Crippen LogP contribution in [0.15, 0.2) is 36.5 Å². The third-order valence-corrected chi connectivity index (χ3v) is 3.69. The van der Waals surface area contributed by atoms with Crippen molar-refractivity contribution < 1.29 is 9.90 Å². The van der Waals surface area contributed by atoms with E-state index in [1.165, 1.54) is 0 Å². The minimum atomic E-state index is -0.627. The molecule has 0 radical (unpaired) electrons. The Morgan fingerprint density at radius 1 is 1.32 bits per heavy atom. The summed E-state index contributed by atoms with van der Waals surface area (Å²) in [6.07, 6.45) is 1.50. The number of nitrogens with one attached hydrogen (secondary N) is 1. The Hall–Kier alpha value is -1.91. The molecule has 1 heterocycles. The highest BCUT2D eigenvalue weighted by Gasteiger charge is 2.11. The van der Waals surface area contributed by atoms with E-state index in [-0.39, 0.29) is 5.91 Å². The summed E-state index contributed by atoms with van der Waals surface area (Å²) < 4.78 is 0. The van der Waals surface area contributed by atoms with Crippen LogP contribution in [0, 0.1) is 13.8 Å². The van der Waals surface area contributed by atoms with Gasteiger partial charge in [0.2, 0.25) is 0 Å². The molecule has 0 bridgehead atoms. The fraction of sp³-hybridized carbons (Fsp3) is 0.294. The van der Waals surface area contributed by atoms with Crippen molar-refractivity contribution in [3.63, 3.8) is 0 Å². The third-order valence-electron chi connectivity index (χ3n) is 3.44. The van der Waals surface area contributed by atoms with Gasteiger partial charge < -0.3 is 10.4 Å². The molecule has 0 fully saturated rings. The minimum Gasteiger partial charge on any atom is -0.388 e. The van der Waals surface area contributed by atoms with Gasteiger partial charge in [-0.25, -0.2) is 0 Å². The molecule has 2 N–H and O–H groups in total. The molecule has 0 aliphatic rings. The van der Waals surface area contributed by atoms with Crippen LogP contribution in [0.1, 0.15) is 39.7 Å². The van der Waals surface area contributed by atoms with Crippen molar-refractivity contribution in [3.8, 4) is 0 Å². The summed E-state index contributed by atoms with van der Waals surface area (Å²) in [5.74, 6) is -0.147. The molecule has 2 aromatic rings. The van der Waals surface area contributed by atoms with Crippen LogP contribution in [-0.4, -0.2) is 22.5 Å². The van der Waals surface area contributed by atoms with Crippen LogP contribution in [0.25, 0.3) is 0 Å². The van der Waals surface area contributed by atoms with Crippen LogP contribution >= 0.6 is 11.6 Å². The zero-order valence-electron chi connectivity index (χ0n) is 12.6. The Balaban J connectivity index is 1.89. The van der Waals surface area contributed by atoms with Crippen molar-refractivity contribution in [1.82, 2.24) is 10.3 Å². The number of aliphatic hydroxyl groups is 1. The van der Waals surface area contributed by atoms with E-state index in [0.717, 1.165) is 16.8 Å². The van der Waals surface area contributed by atoms with Gasteiger partial charge in [-0.15, -0.1) is 0 Å². The van der Waals surface area contributed by atoms with E-state index in [1.54, 1.807) is 36.5 Å². The molecule has 0 aliphatic carbocycles. The predicted molar refractivity (Wildman–Crippen MR) is 87.1 cm³/mol. The molecule has 0 unspecified atom stereocenters. The first-order chi connectivity index (χ1) is 10.5. The van der Waals surface area contributed by atoms with E-state index < -0.39 is 6.10 Å². The monoisotopic (exact) mass is 318 g/mol. The number of aliphatic hydroxyl groups excluding tert-OH is 1. The quantitative estimate of drug-likeness (QED) is 0.890. The van der Waals surface area contributed by atoms with Gasteiger partial charge in [0.05, 0.1) is 6.10 Å². The molecule has 0 saturated carbocycles. The lowest BCUT2D eigenvalue weighted by Crippen LogP contribution is -2.26. The summed E-state index contributed by atoms with van der Waals surface area (Å²) in [5.41, 5.74) is 3.04. The molecule has 1 amide bonds. The van der Waals surface area contributed by atoms with Gasteiger partial charge >= 0.3 is 0 Å². The lowest BCUT2D eigenvalue weighted by molar-refractivity contribution is 0.0942. The second-order valence-corrected chi connectivity index (χ2v) is 5.69. The van der Waals surface area contributed by atoms with Gasteiger partial charge in [0.15, 0.2) is 0 Å². The third kappa shape index (κ3) is 4.29. The Morgan fingerprint density at radius 3 is 2.68 bits per heavy atom. The smallest absolute Gasteiger partial charge is 0.251 e. The lowest BCUT2D eigenvalue weighted by Gasteiger charge is -2.12. The van der Waals surface area contributed by atoms with Crippen LogP contribution in [0.3, 0.4) is 0 Å². The Kier molecular flexibility index (Phi) is 5.52. The largest absolute Gasteiger partial charge is 0.388 e. The average Bonchev–Trinajstić information content (AvgIpc) is 2.50. The van der Waals surface area contributed by atoms with Crippen molar-refractivity contribution >= 4 is 17.5 Å². The number of benzene rings is 1. The molecule has 5 heteroatoms. The second kappa shape index (κ2) is 7.38. The number of carbonyl (C=O) groups excluding carboxylic acids is 1. The topological polar surface area (TPSA) is 62.2 Å². The Labute approximate surface area is 135 Å². The Morgan fingerprint density at radius 2 is 2.00 bits per heavy atom. The molecule has 0 saturated heterocycles. The lowest BCUT2D eigenvalue weighted by atomic mass is 10.1. The van der Waals surface area contributed by atoms with Crippen molar-refractivity contribution in [1.29, 1.82) is 0 Å². The molecule has 1 aromatic heterocycles. The number of aryl methyl sites for hydroxylation is 2. The standard InChI is InChI=1S/C17H19ClN2O2/c1-11-10-20-12(2)9-15(11)17(22)19-8-7-16(21)13-3-5-14(18)6-4-13/h3-6,9-10,16,21H,7-8H2,1-2H3,(H,19,22)/t16-/m1/s1. The minimum absolute atomic E-state index is 0.147. The number of amides is 1. The average molecular weight is 319 g/mol. The van der Waals surface area contributed by atoms with Crippen molar-refractivity contribution in [2.24, 2.45) is 0 Å². The summed E-state index contributed by atoms with van der Waals surface area (Å²) >= 11 is 5.81. The molecule has 116 valence electrons. The van der Waals surface area contributed by atoms with E-state index in [4.69, 9.17) is 11.6 Å². The van der Waals surface area contributed by atoms with Gasteiger partial charge in [-0.1, -0.05) is 23.7 Å². The molecule has 4 nitrogen and oxygen atoms in total. The van der Waals surface area contributed by atoms with Crippen LogP contribution in [0.4, 0.5) is 0 Å². The van der Waals surface area contributed by atoms with E-state index >= 15 is 0 Å². The zero-order chi connectivity index (χ0) is 16.1. The first kappa shape index (κ1) is 16.5. The van der Waals surface area contributed by atoms with Gasteiger partial charge in [-0.05, 0) is 49.6 Å². The molecule has 2 rings (SSSR count). The van der Waals surface area contributed by atoms with Crippen LogP contribution < -0.4 is 5.32 Å². The van der Waals surface area contributed by atoms with Gasteiger partial charge in [0.1, 0.15) is 0 Å². The number of aromatic nitrogens is 1. The number of hydrogen-bond acceptors (Lipinski definition) is 3. The second-order valence-electron chi connectivity index (χ2n) is 5.25. The molecule has 22 heavy (non-hydrogen) atoms. The summed E-state index contributed by atoms with van der Waals surface area (Å²) in [5, 5.41) is 13.5. The van der Waals surface area contributed by atoms with Crippen LogP contribution in [-0.2, 0) is 0 Å². The molecule has 0 aliphatic heterocycles. The van der Waals surface area contributed by atoms with E-state index in [2.05, 4.69) is 10.3 Å².